The first-order valence-electron chi connectivity index (χ1n) is 9.46. The quantitative estimate of drug-likeness (QED) is 0.770. The van der Waals surface area contributed by atoms with Crippen LogP contribution in [-0.4, -0.2) is 80.4 Å². The third-order valence-corrected chi connectivity index (χ3v) is 7.36. The van der Waals surface area contributed by atoms with Gasteiger partial charge in [-0.05, 0) is 32.4 Å². The van der Waals surface area contributed by atoms with Crippen molar-refractivity contribution < 1.29 is 13.2 Å². The fraction of sp³-hybridized carbons (Fsp3) is 0.632. The lowest BCUT2D eigenvalue weighted by molar-refractivity contribution is -0.138. The summed E-state index contributed by atoms with van der Waals surface area (Å²) in [7, 11) is -2.99. The molecule has 3 rings (SSSR count). The maximum Gasteiger partial charge on any atom is 0.239 e. The van der Waals surface area contributed by atoms with Gasteiger partial charge in [-0.3, -0.25) is 9.69 Å². The summed E-state index contributed by atoms with van der Waals surface area (Å²) in [6, 6.07) is 9.96. The molecule has 2 aliphatic rings. The predicted molar refractivity (Wildman–Crippen MR) is 104 cm³/mol. The van der Waals surface area contributed by atoms with Gasteiger partial charge in [0.1, 0.15) is 0 Å². The number of likely N-dealkylation sites (N-methyl/N-ethyl adjacent to an activating group) is 1. The number of nitrogens with zero attached hydrogens (tertiary/aromatic N) is 3. The number of sulfone groups is 1. The molecule has 7 heteroatoms. The molecule has 144 valence electrons. The zero-order valence-electron chi connectivity index (χ0n) is 15.7. The standard InChI is InChI=1S/C19H29N3O3S/c1-3-22(18-9-14-26(24,25)15-18)19(23)16(2)20-10-12-21(13-11-20)17-7-5-4-6-8-17/h4-8,16,18H,3,9-15H2,1-2H3/t16-,18+/m0/s1. The van der Waals surface area contributed by atoms with Crippen LogP contribution in [0.4, 0.5) is 5.69 Å². The molecule has 2 heterocycles. The number of carbonyl (C=O) groups excluding carboxylic acids is 1. The molecular weight excluding hydrogens is 350 g/mol. The summed E-state index contributed by atoms with van der Waals surface area (Å²) >= 11 is 0. The molecular formula is C19H29N3O3S. The van der Waals surface area contributed by atoms with Crippen LogP contribution in [0.2, 0.25) is 0 Å². The Bertz CT molecular complexity index is 715. The van der Waals surface area contributed by atoms with Gasteiger partial charge < -0.3 is 9.80 Å². The summed E-state index contributed by atoms with van der Waals surface area (Å²) in [5.41, 5.74) is 1.22. The van der Waals surface area contributed by atoms with Crippen molar-refractivity contribution in [3.63, 3.8) is 0 Å². The highest BCUT2D eigenvalue weighted by Crippen LogP contribution is 2.21. The van der Waals surface area contributed by atoms with Gasteiger partial charge in [0.15, 0.2) is 9.84 Å². The van der Waals surface area contributed by atoms with E-state index in [1.807, 2.05) is 32.0 Å². The minimum Gasteiger partial charge on any atom is -0.369 e. The highest BCUT2D eigenvalue weighted by atomic mass is 32.2. The molecule has 1 aromatic carbocycles. The van der Waals surface area contributed by atoms with E-state index in [-0.39, 0.29) is 29.5 Å². The fourth-order valence-electron chi connectivity index (χ4n) is 4.02. The van der Waals surface area contributed by atoms with Crippen molar-refractivity contribution in [2.45, 2.75) is 32.4 Å². The lowest BCUT2D eigenvalue weighted by Crippen LogP contribution is -2.56. The van der Waals surface area contributed by atoms with Gasteiger partial charge in [0, 0.05) is 44.5 Å². The average molecular weight is 380 g/mol. The minimum absolute atomic E-state index is 0.0581. The number of anilines is 1. The Morgan fingerprint density at radius 2 is 1.85 bits per heavy atom. The van der Waals surface area contributed by atoms with E-state index < -0.39 is 9.84 Å². The van der Waals surface area contributed by atoms with E-state index in [9.17, 15) is 13.2 Å². The SMILES string of the molecule is CCN(C(=O)[C@H](C)N1CCN(c2ccccc2)CC1)[C@@H]1CCS(=O)(=O)C1. The van der Waals surface area contributed by atoms with E-state index in [4.69, 9.17) is 0 Å². The Labute approximate surface area is 156 Å². The summed E-state index contributed by atoms with van der Waals surface area (Å²) in [5.74, 6) is 0.370. The third-order valence-electron chi connectivity index (χ3n) is 5.61. The van der Waals surface area contributed by atoms with Crippen LogP contribution in [0.1, 0.15) is 20.3 Å². The molecule has 2 aliphatic heterocycles. The molecule has 1 aromatic rings. The second kappa shape index (κ2) is 7.96. The zero-order chi connectivity index (χ0) is 18.7. The van der Waals surface area contributed by atoms with Crippen molar-refractivity contribution in [3.8, 4) is 0 Å². The summed E-state index contributed by atoms with van der Waals surface area (Å²) < 4.78 is 23.5. The van der Waals surface area contributed by atoms with Crippen LogP contribution in [0, 0.1) is 0 Å². The van der Waals surface area contributed by atoms with Crippen LogP contribution in [0.15, 0.2) is 30.3 Å². The number of rotatable bonds is 5. The molecule has 2 fully saturated rings. The molecule has 0 spiro atoms. The number of hydrogen-bond donors (Lipinski definition) is 0. The van der Waals surface area contributed by atoms with Crippen molar-refractivity contribution in [3.05, 3.63) is 30.3 Å². The van der Waals surface area contributed by atoms with Gasteiger partial charge in [0.25, 0.3) is 0 Å². The van der Waals surface area contributed by atoms with Crippen molar-refractivity contribution in [1.82, 2.24) is 9.80 Å². The van der Waals surface area contributed by atoms with Crippen LogP contribution < -0.4 is 4.90 Å². The van der Waals surface area contributed by atoms with Crippen molar-refractivity contribution in [2.24, 2.45) is 0 Å². The van der Waals surface area contributed by atoms with E-state index in [1.54, 1.807) is 4.90 Å². The maximum atomic E-state index is 13.0. The molecule has 0 N–H and O–H groups in total. The topological polar surface area (TPSA) is 60.9 Å². The highest BCUT2D eigenvalue weighted by molar-refractivity contribution is 7.91. The highest BCUT2D eigenvalue weighted by Gasteiger charge is 2.37. The zero-order valence-corrected chi connectivity index (χ0v) is 16.5. The molecule has 2 saturated heterocycles. The largest absolute Gasteiger partial charge is 0.369 e. The normalized spacial score (nSPS) is 24.4. The first-order valence-corrected chi connectivity index (χ1v) is 11.3. The number of piperazine rings is 1. The van der Waals surface area contributed by atoms with E-state index >= 15 is 0 Å². The smallest absolute Gasteiger partial charge is 0.239 e. The first-order chi connectivity index (χ1) is 12.4. The molecule has 6 nitrogen and oxygen atoms in total. The molecule has 0 unspecified atom stereocenters. The number of hydrogen-bond acceptors (Lipinski definition) is 5. The van der Waals surface area contributed by atoms with Crippen LogP contribution >= 0.6 is 0 Å². The molecule has 0 aliphatic carbocycles. The molecule has 0 bridgehead atoms. The summed E-state index contributed by atoms with van der Waals surface area (Å²) in [6.45, 7) is 7.91. The van der Waals surface area contributed by atoms with Gasteiger partial charge in [-0.2, -0.15) is 0 Å². The minimum atomic E-state index is -2.99. The summed E-state index contributed by atoms with van der Waals surface area (Å²) in [5, 5.41) is 0. The van der Waals surface area contributed by atoms with Crippen LogP contribution in [0.3, 0.4) is 0 Å². The van der Waals surface area contributed by atoms with Crippen molar-refractivity contribution in [1.29, 1.82) is 0 Å². The molecule has 1 amide bonds. The third kappa shape index (κ3) is 4.20. The Balaban J connectivity index is 1.58. The van der Waals surface area contributed by atoms with Gasteiger partial charge in [-0.25, -0.2) is 8.42 Å². The molecule has 0 saturated carbocycles. The molecule has 0 radical (unpaired) electrons. The van der Waals surface area contributed by atoms with Crippen LogP contribution in [0.25, 0.3) is 0 Å². The fourth-order valence-corrected chi connectivity index (χ4v) is 5.75. The number of benzene rings is 1. The van der Waals surface area contributed by atoms with Gasteiger partial charge in [0.2, 0.25) is 5.91 Å². The summed E-state index contributed by atoms with van der Waals surface area (Å²) in [6.07, 6.45) is 0.566. The van der Waals surface area contributed by atoms with Crippen molar-refractivity contribution in [2.75, 3.05) is 49.1 Å². The van der Waals surface area contributed by atoms with Gasteiger partial charge in [0.05, 0.1) is 17.5 Å². The second-order valence-corrected chi connectivity index (χ2v) is 9.44. The molecule has 2 atom stereocenters. The van der Waals surface area contributed by atoms with Crippen LogP contribution in [0.5, 0.6) is 0 Å². The van der Waals surface area contributed by atoms with Gasteiger partial charge in [-0.15, -0.1) is 0 Å². The molecule has 0 aromatic heterocycles. The average Bonchev–Trinajstić information content (AvgIpc) is 3.02. The summed E-state index contributed by atoms with van der Waals surface area (Å²) in [4.78, 5) is 19.3. The second-order valence-electron chi connectivity index (χ2n) is 7.22. The Morgan fingerprint density at radius 3 is 2.38 bits per heavy atom. The number of amides is 1. The first kappa shape index (κ1) is 19.2. The lowest BCUT2D eigenvalue weighted by atomic mass is 10.1. The Morgan fingerprint density at radius 1 is 1.19 bits per heavy atom. The number of carbonyl (C=O) groups is 1. The maximum absolute atomic E-state index is 13.0. The molecule has 26 heavy (non-hydrogen) atoms. The Kier molecular flexibility index (Phi) is 5.87. The van der Waals surface area contributed by atoms with Gasteiger partial charge >= 0.3 is 0 Å². The van der Waals surface area contributed by atoms with Crippen molar-refractivity contribution >= 4 is 21.4 Å². The van der Waals surface area contributed by atoms with Gasteiger partial charge in [-0.1, -0.05) is 18.2 Å². The van der Waals surface area contributed by atoms with E-state index in [2.05, 4.69) is 21.9 Å². The monoisotopic (exact) mass is 379 g/mol. The predicted octanol–water partition coefficient (Wildman–Crippen LogP) is 1.23. The van der Waals surface area contributed by atoms with E-state index in [1.165, 1.54) is 5.69 Å². The van der Waals surface area contributed by atoms with E-state index in [0.717, 1.165) is 26.2 Å². The lowest BCUT2D eigenvalue weighted by Gasteiger charge is -2.40. The van der Waals surface area contributed by atoms with E-state index in [0.29, 0.717) is 13.0 Å². The van der Waals surface area contributed by atoms with Crippen LogP contribution in [-0.2, 0) is 14.6 Å². The Hall–Kier alpha value is -1.60. The number of para-hydroxylation sites is 1.